The van der Waals surface area contributed by atoms with E-state index in [0.29, 0.717) is 25.2 Å². The van der Waals surface area contributed by atoms with Crippen molar-refractivity contribution in [1.29, 1.82) is 0 Å². The van der Waals surface area contributed by atoms with Crippen molar-refractivity contribution in [2.75, 3.05) is 29.9 Å². The summed E-state index contributed by atoms with van der Waals surface area (Å²) in [5, 5.41) is 2.78. The Bertz CT molecular complexity index is 885. The van der Waals surface area contributed by atoms with Crippen LogP contribution in [-0.2, 0) is 13.0 Å². The maximum atomic E-state index is 13.3. The molecule has 2 aliphatic rings. The number of carbonyl (C=O) groups excluding carboxylic acids is 1. The molecule has 2 aliphatic heterocycles. The highest BCUT2D eigenvalue weighted by Gasteiger charge is 2.28. The van der Waals surface area contributed by atoms with Crippen LogP contribution in [0.3, 0.4) is 0 Å². The Kier molecular flexibility index (Phi) is 4.86. The van der Waals surface area contributed by atoms with Crippen molar-refractivity contribution in [3.05, 3.63) is 46.1 Å². The third kappa shape index (κ3) is 3.69. The number of hydrogen-bond acceptors (Lipinski definition) is 4. The molecule has 8 heteroatoms. The molecule has 27 heavy (non-hydrogen) atoms. The summed E-state index contributed by atoms with van der Waals surface area (Å²) in [5.41, 5.74) is 2.52. The molecular weight excluding hydrogens is 369 g/mol. The van der Waals surface area contributed by atoms with Crippen LogP contribution in [0.5, 0.6) is 0 Å². The zero-order valence-electron chi connectivity index (χ0n) is 15.1. The minimum atomic E-state index is -0.510. The first-order valence-electron chi connectivity index (χ1n) is 9.13. The molecule has 0 unspecified atom stereocenters. The van der Waals surface area contributed by atoms with Crippen LogP contribution in [0.15, 0.2) is 18.2 Å². The van der Waals surface area contributed by atoms with Crippen molar-refractivity contribution in [1.82, 2.24) is 14.9 Å². The highest BCUT2D eigenvalue weighted by atomic mass is 35.5. The molecule has 0 atom stereocenters. The average molecular weight is 390 g/mol. The maximum Gasteiger partial charge on any atom is 0.322 e. The summed E-state index contributed by atoms with van der Waals surface area (Å²) in [5.74, 6) is 1.22. The summed E-state index contributed by atoms with van der Waals surface area (Å²) in [6, 6.07) is 3.91. The lowest BCUT2D eigenvalue weighted by Gasteiger charge is -2.31. The summed E-state index contributed by atoms with van der Waals surface area (Å²) in [4.78, 5) is 26.0. The molecule has 1 aromatic carbocycles. The number of nitrogens with zero attached hydrogens (tertiary/aromatic N) is 4. The van der Waals surface area contributed by atoms with Gasteiger partial charge in [-0.25, -0.2) is 19.2 Å². The number of hydrogen-bond donors (Lipinski definition) is 1. The molecule has 0 spiro atoms. The van der Waals surface area contributed by atoms with E-state index in [-0.39, 0.29) is 11.1 Å². The molecule has 142 valence electrons. The molecule has 3 heterocycles. The Hall–Kier alpha value is -2.41. The molecule has 1 saturated heterocycles. The Balaban J connectivity index is 1.55. The number of carbonyl (C=O) groups is 1. The van der Waals surface area contributed by atoms with E-state index < -0.39 is 5.82 Å². The van der Waals surface area contributed by atoms with E-state index in [9.17, 15) is 9.18 Å². The Morgan fingerprint density at radius 1 is 1.22 bits per heavy atom. The minimum absolute atomic E-state index is 0.0167. The van der Waals surface area contributed by atoms with Crippen molar-refractivity contribution in [2.45, 2.75) is 32.7 Å². The van der Waals surface area contributed by atoms with Crippen LogP contribution in [0.25, 0.3) is 0 Å². The standard InChI is InChI=1S/C19H21ClFN5O/c1-12-22-17-6-9-26(11-14(17)18(23-12)25-7-2-3-8-25)19(27)24-13-4-5-16(21)15(20)10-13/h4-5,10H,2-3,6-9,11H2,1H3,(H,24,27). The van der Waals surface area contributed by atoms with Gasteiger partial charge < -0.3 is 15.1 Å². The fourth-order valence-corrected chi connectivity index (χ4v) is 3.84. The summed E-state index contributed by atoms with van der Waals surface area (Å²) < 4.78 is 13.3. The predicted molar refractivity (Wildman–Crippen MR) is 103 cm³/mol. The molecule has 2 amide bonds. The first-order chi connectivity index (χ1) is 13.0. The number of halogens is 2. The third-order valence-electron chi connectivity index (χ3n) is 5.01. The number of fused-ring (bicyclic) bond motifs is 1. The van der Waals surface area contributed by atoms with E-state index in [1.807, 2.05) is 6.92 Å². The molecule has 1 aromatic heterocycles. The van der Waals surface area contributed by atoms with Crippen LogP contribution in [0, 0.1) is 12.7 Å². The zero-order chi connectivity index (χ0) is 19.0. The van der Waals surface area contributed by atoms with Crippen molar-refractivity contribution in [2.24, 2.45) is 0 Å². The van der Waals surface area contributed by atoms with E-state index in [1.165, 1.54) is 18.2 Å². The number of aryl methyl sites for hydroxylation is 1. The van der Waals surface area contributed by atoms with E-state index in [2.05, 4.69) is 20.2 Å². The van der Waals surface area contributed by atoms with Gasteiger partial charge in [0.1, 0.15) is 17.5 Å². The average Bonchev–Trinajstić information content (AvgIpc) is 3.18. The fourth-order valence-electron chi connectivity index (χ4n) is 3.66. The van der Waals surface area contributed by atoms with Crippen molar-refractivity contribution < 1.29 is 9.18 Å². The van der Waals surface area contributed by atoms with Gasteiger partial charge in [0.2, 0.25) is 0 Å². The van der Waals surface area contributed by atoms with Crippen LogP contribution >= 0.6 is 11.6 Å². The van der Waals surface area contributed by atoms with Gasteiger partial charge in [-0.2, -0.15) is 0 Å². The molecule has 0 bridgehead atoms. The molecule has 0 aliphatic carbocycles. The molecular formula is C19H21ClFN5O. The molecule has 0 radical (unpaired) electrons. The van der Waals surface area contributed by atoms with Crippen LogP contribution in [-0.4, -0.2) is 40.5 Å². The van der Waals surface area contributed by atoms with Gasteiger partial charge in [0.15, 0.2) is 0 Å². The quantitative estimate of drug-likeness (QED) is 0.849. The van der Waals surface area contributed by atoms with Gasteiger partial charge >= 0.3 is 6.03 Å². The fraction of sp³-hybridized carbons (Fsp3) is 0.421. The van der Waals surface area contributed by atoms with Crippen LogP contribution in [0.1, 0.15) is 29.9 Å². The molecule has 2 aromatic rings. The Labute approximate surface area is 162 Å². The van der Waals surface area contributed by atoms with Crippen LogP contribution in [0.4, 0.5) is 20.7 Å². The Morgan fingerprint density at radius 2 is 2.00 bits per heavy atom. The largest absolute Gasteiger partial charge is 0.356 e. The number of nitrogens with one attached hydrogen (secondary N) is 1. The van der Waals surface area contributed by atoms with Gasteiger partial charge in [0, 0.05) is 37.3 Å². The van der Waals surface area contributed by atoms with Gasteiger partial charge in [0.25, 0.3) is 0 Å². The highest BCUT2D eigenvalue weighted by molar-refractivity contribution is 6.31. The number of benzene rings is 1. The van der Waals surface area contributed by atoms with Gasteiger partial charge in [-0.3, -0.25) is 0 Å². The predicted octanol–water partition coefficient (Wildman–Crippen LogP) is 3.77. The van der Waals surface area contributed by atoms with Gasteiger partial charge in [-0.1, -0.05) is 11.6 Å². The van der Waals surface area contributed by atoms with Crippen LogP contribution in [0.2, 0.25) is 5.02 Å². The van der Waals surface area contributed by atoms with Gasteiger partial charge in [-0.05, 0) is 38.0 Å². The SMILES string of the molecule is Cc1nc2c(c(N3CCCC3)n1)CN(C(=O)Nc1ccc(F)c(Cl)c1)CC2. The number of amides is 2. The van der Waals surface area contributed by atoms with E-state index in [4.69, 9.17) is 11.6 Å². The summed E-state index contributed by atoms with van der Waals surface area (Å²) in [6.45, 7) is 4.93. The second-order valence-electron chi connectivity index (χ2n) is 6.94. The first-order valence-corrected chi connectivity index (χ1v) is 9.51. The van der Waals surface area contributed by atoms with Gasteiger partial charge in [-0.15, -0.1) is 0 Å². The smallest absolute Gasteiger partial charge is 0.322 e. The summed E-state index contributed by atoms with van der Waals surface area (Å²) in [6.07, 6.45) is 3.01. The zero-order valence-corrected chi connectivity index (χ0v) is 15.9. The van der Waals surface area contributed by atoms with Crippen molar-refractivity contribution in [3.8, 4) is 0 Å². The van der Waals surface area contributed by atoms with E-state index in [1.54, 1.807) is 4.90 Å². The Morgan fingerprint density at radius 3 is 2.74 bits per heavy atom. The second kappa shape index (κ2) is 7.31. The third-order valence-corrected chi connectivity index (χ3v) is 5.30. The molecule has 1 N–H and O–H groups in total. The molecule has 4 rings (SSSR count). The minimum Gasteiger partial charge on any atom is -0.356 e. The number of urea groups is 1. The van der Waals surface area contributed by atoms with Gasteiger partial charge in [0.05, 0.1) is 17.3 Å². The maximum absolute atomic E-state index is 13.3. The topological polar surface area (TPSA) is 61.4 Å². The molecule has 1 fully saturated rings. The van der Waals surface area contributed by atoms with Crippen molar-refractivity contribution >= 4 is 29.1 Å². The summed E-state index contributed by atoms with van der Waals surface area (Å²) >= 11 is 5.80. The number of rotatable bonds is 2. The first kappa shape index (κ1) is 18.0. The lowest BCUT2D eigenvalue weighted by molar-refractivity contribution is 0.206. The summed E-state index contributed by atoms with van der Waals surface area (Å²) in [7, 11) is 0. The second-order valence-corrected chi connectivity index (χ2v) is 7.35. The molecule has 0 saturated carbocycles. The number of aromatic nitrogens is 2. The van der Waals surface area contributed by atoms with Crippen LogP contribution < -0.4 is 10.2 Å². The highest BCUT2D eigenvalue weighted by Crippen LogP contribution is 2.29. The molecule has 6 nitrogen and oxygen atoms in total. The lowest BCUT2D eigenvalue weighted by Crippen LogP contribution is -2.40. The monoisotopic (exact) mass is 389 g/mol. The van der Waals surface area contributed by atoms with E-state index in [0.717, 1.165) is 48.8 Å². The number of anilines is 2. The normalized spacial score (nSPS) is 16.4. The van der Waals surface area contributed by atoms with E-state index >= 15 is 0 Å². The lowest BCUT2D eigenvalue weighted by atomic mass is 10.1. The van der Waals surface area contributed by atoms with Crippen molar-refractivity contribution in [3.63, 3.8) is 0 Å².